The van der Waals surface area contributed by atoms with E-state index in [2.05, 4.69) is 41.4 Å². The number of hydrogen-bond donors (Lipinski definition) is 2. The average molecular weight is 323 g/mol. The van der Waals surface area contributed by atoms with Gasteiger partial charge in [-0.15, -0.1) is 11.3 Å². The van der Waals surface area contributed by atoms with Gasteiger partial charge in [0, 0.05) is 37.1 Å². The van der Waals surface area contributed by atoms with Gasteiger partial charge in [-0.2, -0.15) is 0 Å². The first-order chi connectivity index (χ1) is 10.6. The number of aromatic nitrogens is 1. The van der Waals surface area contributed by atoms with Crippen molar-refractivity contribution in [1.29, 1.82) is 0 Å². The van der Waals surface area contributed by atoms with Gasteiger partial charge in [-0.3, -0.25) is 4.99 Å². The summed E-state index contributed by atoms with van der Waals surface area (Å²) in [6.45, 7) is 7.68. The molecule has 1 saturated carbocycles. The summed E-state index contributed by atoms with van der Waals surface area (Å²) < 4.78 is 0. The smallest absolute Gasteiger partial charge is 0.191 e. The van der Waals surface area contributed by atoms with E-state index in [1.54, 1.807) is 11.3 Å². The Bertz CT molecular complexity index is 473. The number of guanidine groups is 1. The van der Waals surface area contributed by atoms with Crippen LogP contribution in [0.5, 0.6) is 0 Å². The molecule has 2 rings (SSSR count). The van der Waals surface area contributed by atoms with Crippen molar-refractivity contribution in [3.05, 3.63) is 16.1 Å². The van der Waals surface area contributed by atoms with Crippen LogP contribution in [0.1, 0.15) is 49.4 Å². The third kappa shape index (κ3) is 5.27. The maximum atomic E-state index is 4.40. The second kappa shape index (κ2) is 8.51. The van der Waals surface area contributed by atoms with Gasteiger partial charge in [-0.1, -0.05) is 13.8 Å². The number of hydrogen-bond acceptors (Lipinski definition) is 3. The van der Waals surface area contributed by atoms with Crippen molar-refractivity contribution in [2.75, 3.05) is 13.6 Å². The number of aryl methyl sites for hydroxylation is 1. The molecule has 0 aromatic carbocycles. The molecule has 1 fully saturated rings. The van der Waals surface area contributed by atoms with Gasteiger partial charge in [0.1, 0.15) is 0 Å². The first-order valence-corrected chi connectivity index (χ1v) is 9.28. The Hall–Kier alpha value is -1.10. The van der Waals surface area contributed by atoms with Crippen LogP contribution in [0.15, 0.2) is 11.2 Å². The Morgan fingerprint density at radius 2 is 2.09 bits per heavy atom. The minimum absolute atomic E-state index is 0.573. The number of rotatable bonds is 5. The van der Waals surface area contributed by atoms with Gasteiger partial charge in [0.25, 0.3) is 0 Å². The van der Waals surface area contributed by atoms with Gasteiger partial charge < -0.3 is 10.6 Å². The molecule has 0 unspecified atom stereocenters. The van der Waals surface area contributed by atoms with Gasteiger partial charge in [-0.25, -0.2) is 4.98 Å². The van der Waals surface area contributed by atoms with Crippen LogP contribution in [-0.2, 0) is 6.42 Å². The van der Waals surface area contributed by atoms with E-state index < -0.39 is 0 Å². The van der Waals surface area contributed by atoms with Crippen molar-refractivity contribution in [2.24, 2.45) is 16.8 Å². The first-order valence-electron chi connectivity index (χ1n) is 8.47. The maximum absolute atomic E-state index is 4.40. The molecule has 0 saturated heterocycles. The molecular formula is C17H30N4S. The summed E-state index contributed by atoms with van der Waals surface area (Å²) in [5, 5.41) is 8.18. The molecule has 1 aliphatic carbocycles. The number of thiazole rings is 1. The molecule has 0 aliphatic heterocycles. The first kappa shape index (κ1) is 17.3. The fourth-order valence-corrected chi connectivity index (χ4v) is 3.91. The van der Waals surface area contributed by atoms with Gasteiger partial charge in [-0.05, 0) is 44.4 Å². The zero-order valence-electron chi connectivity index (χ0n) is 14.4. The molecule has 0 amide bonds. The van der Waals surface area contributed by atoms with Crippen molar-refractivity contribution in [3.63, 3.8) is 0 Å². The Morgan fingerprint density at radius 3 is 2.64 bits per heavy atom. The molecule has 0 atom stereocenters. The molecule has 2 N–H and O–H groups in total. The van der Waals surface area contributed by atoms with Crippen LogP contribution < -0.4 is 10.6 Å². The van der Waals surface area contributed by atoms with Crippen molar-refractivity contribution in [2.45, 2.75) is 58.9 Å². The van der Waals surface area contributed by atoms with Crippen molar-refractivity contribution in [3.8, 4) is 0 Å². The lowest BCUT2D eigenvalue weighted by molar-refractivity contribution is 0.250. The van der Waals surface area contributed by atoms with E-state index in [-0.39, 0.29) is 0 Å². The third-order valence-electron chi connectivity index (χ3n) is 4.58. The zero-order valence-corrected chi connectivity index (χ0v) is 15.2. The summed E-state index contributed by atoms with van der Waals surface area (Å²) in [6.07, 6.45) is 8.10. The summed E-state index contributed by atoms with van der Waals surface area (Å²) >= 11 is 1.77. The van der Waals surface area contributed by atoms with E-state index >= 15 is 0 Å². The van der Waals surface area contributed by atoms with Gasteiger partial charge in [0.2, 0.25) is 0 Å². The molecule has 0 bridgehead atoms. The van der Waals surface area contributed by atoms with Crippen molar-refractivity contribution < 1.29 is 0 Å². The number of nitrogens with one attached hydrogen (secondary N) is 2. The largest absolute Gasteiger partial charge is 0.356 e. The Kier molecular flexibility index (Phi) is 6.68. The lowest BCUT2D eigenvalue weighted by Gasteiger charge is -2.32. The quantitative estimate of drug-likeness (QED) is 0.645. The van der Waals surface area contributed by atoms with Crippen molar-refractivity contribution >= 4 is 17.3 Å². The number of aliphatic imine (C=N–C) groups is 1. The molecule has 124 valence electrons. The van der Waals surface area contributed by atoms with Crippen LogP contribution in [0.4, 0.5) is 0 Å². The highest BCUT2D eigenvalue weighted by molar-refractivity contribution is 7.11. The standard InChI is InChI=1S/C17H30N4S/c1-12(2)14-5-7-15(8-6-14)21-17(18-4)19-10-9-16-20-11-13(3)22-16/h11-12,14-15H,5-10H2,1-4H3,(H2,18,19,21). The second-order valence-electron chi connectivity index (χ2n) is 6.61. The molecule has 1 aromatic rings. The fraction of sp³-hybridized carbons (Fsp3) is 0.765. The molecular weight excluding hydrogens is 292 g/mol. The SMILES string of the molecule is CN=C(NCCc1ncc(C)s1)NC1CCC(C(C)C)CC1. The zero-order chi connectivity index (χ0) is 15.9. The summed E-state index contributed by atoms with van der Waals surface area (Å²) in [5.41, 5.74) is 0. The molecule has 22 heavy (non-hydrogen) atoms. The highest BCUT2D eigenvalue weighted by Crippen LogP contribution is 2.29. The summed E-state index contributed by atoms with van der Waals surface area (Å²) in [4.78, 5) is 10.0. The monoisotopic (exact) mass is 322 g/mol. The average Bonchev–Trinajstić information content (AvgIpc) is 2.92. The Balaban J connectivity index is 1.69. The topological polar surface area (TPSA) is 49.3 Å². The molecule has 5 heteroatoms. The molecule has 1 aromatic heterocycles. The normalized spacial score (nSPS) is 22.9. The van der Waals surface area contributed by atoms with Crippen LogP contribution in [0.3, 0.4) is 0 Å². The van der Waals surface area contributed by atoms with Crippen LogP contribution in [0, 0.1) is 18.8 Å². The second-order valence-corrected chi connectivity index (χ2v) is 7.93. The highest BCUT2D eigenvalue weighted by atomic mass is 32.1. The van der Waals surface area contributed by atoms with Crippen LogP contribution in [0.25, 0.3) is 0 Å². The lowest BCUT2D eigenvalue weighted by atomic mass is 9.80. The molecule has 0 radical (unpaired) electrons. The van der Waals surface area contributed by atoms with E-state index in [0.29, 0.717) is 6.04 Å². The minimum Gasteiger partial charge on any atom is -0.356 e. The van der Waals surface area contributed by atoms with Crippen LogP contribution in [-0.4, -0.2) is 30.6 Å². The van der Waals surface area contributed by atoms with Crippen LogP contribution in [0.2, 0.25) is 0 Å². The molecule has 1 heterocycles. The minimum atomic E-state index is 0.573. The van der Waals surface area contributed by atoms with Gasteiger partial charge in [0.05, 0.1) is 5.01 Å². The number of nitrogens with zero attached hydrogens (tertiary/aromatic N) is 2. The summed E-state index contributed by atoms with van der Waals surface area (Å²) in [6, 6.07) is 0.573. The van der Waals surface area contributed by atoms with Gasteiger partial charge >= 0.3 is 0 Å². The lowest BCUT2D eigenvalue weighted by Crippen LogP contribution is -2.45. The van der Waals surface area contributed by atoms with Gasteiger partial charge in [0.15, 0.2) is 5.96 Å². The van der Waals surface area contributed by atoms with E-state index in [1.807, 2.05) is 13.2 Å². The Labute approximate surface area is 138 Å². The Morgan fingerprint density at radius 1 is 1.36 bits per heavy atom. The van der Waals surface area contributed by atoms with E-state index in [0.717, 1.165) is 30.8 Å². The van der Waals surface area contributed by atoms with E-state index in [9.17, 15) is 0 Å². The van der Waals surface area contributed by atoms with E-state index in [4.69, 9.17) is 0 Å². The fourth-order valence-electron chi connectivity index (χ4n) is 3.12. The molecule has 4 nitrogen and oxygen atoms in total. The summed E-state index contributed by atoms with van der Waals surface area (Å²) in [7, 11) is 1.85. The highest BCUT2D eigenvalue weighted by Gasteiger charge is 2.23. The predicted molar refractivity (Wildman–Crippen MR) is 95.6 cm³/mol. The third-order valence-corrected chi connectivity index (χ3v) is 5.55. The van der Waals surface area contributed by atoms with E-state index in [1.165, 1.54) is 35.6 Å². The van der Waals surface area contributed by atoms with Crippen LogP contribution >= 0.6 is 11.3 Å². The summed E-state index contributed by atoms with van der Waals surface area (Å²) in [5.74, 6) is 2.66. The molecule has 1 aliphatic rings. The van der Waals surface area contributed by atoms with Crippen molar-refractivity contribution in [1.82, 2.24) is 15.6 Å². The maximum Gasteiger partial charge on any atom is 0.191 e. The molecule has 0 spiro atoms. The predicted octanol–water partition coefficient (Wildman–Crippen LogP) is 3.37.